The highest BCUT2D eigenvalue weighted by atomic mass is 16.5. The van der Waals surface area contributed by atoms with Crippen molar-refractivity contribution in [2.45, 2.75) is 18.9 Å². The van der Waals surface area contributed by atoms with Crippen LogP contribution in [0.25, 0.3) is 0 Å². The molecule has 2 unspecified atom stereocenters. The molecule has 1 amide bonds. The van der Waals surface area contributed by atoms with Gasteiger partial charge < -0.3 is 19.7 Å². The number of ether oxygens (including phenoxy) is 2. The monoisotopic (exact) mass is 290 g/mol. The largest absolute Gasteiger partial charge is 0.497 e. The fraction of sp³-hybridized carbons (Fsp3) is 0.562. The highest BCUT2D eigenvalue weighted by molar-refractivity contribution is 5.80. The van der Waals surface area contributed by atoms with Crippen molar-refractivity contribution in [3.05, 3.63) is 23.8 Å². The number of hydrogen-bond donors (Lipinski definition) is 1. The van der Waals surface area contributed by atoms with E-state index in [1.165, 1.54) is 0 Å². The number of hydrogen-bond acceptors (Lipinski definition) is 4. The van der Waals surface area contributed by atoms with Crippen molar-refractivity contribution < 1.29 is 14.3 Å². The van der Waals surface area contributed by atoms with Gasteiger partial charge in [0.25, 0.3) is 0 Å². The van der Waals surface area contributed by atoms with E-state index in [1.807, 2.05) is 30.1 Å². The zero-order valence-corrected chi connectivity index (χ0v) is 12.6. The van der Waals surface area contributed by atoms with Gasteiger partial charge in [0, 0.05) is 19.6 Å². The number of methoxy groups -OCH3 is 1. The topological polar surface area (TPSA) is 50.8 Å². The summed E-state index contributed by atoms with van der Waals surface area (Å²) in [6.07, 6.45) is 1.75. The van der Waals surface area contributed by atoms with E-state index in [9.17, 15) is 4.79 Å². The quantitative estimate of drug-likeness (QED) is 0.904. The first-order valence-electron chi connectivity index (χ1n) is 7.46. The molecule has 2 atom stereocenters. The van der Waals surface area contributed by atoms with Gasteiger partial charge in [-0.15, -0.1) is 0 Å². The van der Waals surface area contributed by atoms with Crippen molar-refractivity contribution >= 4 is 5.91 Å². The SMILES string of the molecule is COc1ccc2c(c1)CC(C(=O)N(C)C1CCNC1)CO2. The van der Waals surface area contributed by atoms with Crippen molar-refractivity contribution in [1.29, 1.82) is 0 Å². The number of carbonyl (C=O) groups excluding carboxylic acids is 1. The molecule has 2 heterocycles. The van der Waals surface area contributed by atoms with Crippen molar-refractivity contribution in [2.75, 3.05) is 33.9 Å². The van der Waals surface area contributed by atoms with Gasteiger partial charge in [-0.25, -0.2) is 0 Å². The van der Waals surface area contributed by atoms with E-state index in [0.717, 1.165) is 43.0 Å². The minimum absolute atomic E-state index is 0.102. The molecule has 2 aliphatic heterocycles. The third-order valence-corrected chi connectivity index (χ3v) is 4.45. The predicted octanol–water partition coefficient (Wildman–Crippen LogP) is 1.07. The number of rotatable bonds is 3. The van der Waals surface area contributed by atoms with Gasteiger partial charge in [0.2, 0.25) is 5.91 Å². The molecule has 0 aliphatic carbocycles. The number of benzene rings is 1. The lowest BCUT2D eigenvalue weighted by Gasteiger charge is -2.31. The predicted molar refractivity (Wildman–Crippen MR) is 79.7 cm³/mol. The van der Waals surface area contributed by atoms with E-state index in [1.54, 1.807) is 7.11 Å². The van der Waals surface area contributed by atoms with Gasteiger partial charge in [0.1, 0.15) is 18.1 Å². The maximum absolute atomic E-state index is 12.6. The second-order valence-corrected chi connectivity index (χ2v) is 5.78. The van der Waals surface area contributed by atoms with Crippen LogP contribution in [-0.2, 0) is 11.2 Å². The van der Waals surface area contributed by atoms with Gasteiger partial charge >= 0.3 is 0 Å². The summed E-state index contributed by atoms with van der Waals surface area (Å²) in [6, 6.07) is 6.08. The number of fused-ring (bicyclic) bond motifs is 1. The molecule has 5 heteroatoms. The molecule has 21 heavy (non-hydrogen) atoms. The molecule has 0 aromatic heterocycles. The first-order chi connectivity index (χ1) is 10.2. The summed E-state index contributed by atoms with van der Waals surface area (Å²) < 4.78 is 11.0. The van der Waals surface area contributed by atoms with Crippen LogP contribution < -0.4 is 14.8 Å². The zero-order chi connectivity index (χ0) is 14.8. The molecule has 5 nitrogen and oxygen atoms in total. The highest BCUT2D eigenvalue weighted by Crippen LogP contribution is 2.31. The number of likely N-dealkylation sites (N-methyl/N-ethyl adjacent to an activating group) is 1. The summed E-state index contributed by atoms with van der Waals surface area (Å²) in [4.78, 5) is 14.5. The fourth-order valence-electron chi connectivity index (χ4n) is 3.09. The highest BCUT2D eigenvalue weighted by Gasteiger charge is 2.32. The Balaban J connectivity index is 1.71. The third kappa shape index (κ3) is 2.83. The first-order valence-corrected chi connectivity index (χ1v) is 7.46. The van der Waals surface area contributed by atoms with Gasteiger partial charge in [-0.3, -0.25) is 4.79 Å². The summed E-state index contributed by atoms with van der Waals surface area (Å²) in [7, 11) is 3.55. The molecular formula is C16H22N2O3. The molecular weight excluding hydrogens is 268 g/mol. The minimum atomic E-state index is -0.102. The summed E-state index contributed by atoms with van der Waals surface area (Å²) in [6.45, 7) is 2.34. The van der Waals surface area contributed by atoms with Crippen LogP contribution in [0.4, 0.5) is 0 Å². The molecule has 0 bridgehead atoms. The average Bonchev–Trinajstić information content (AvgIpc) is 3.06. The Kier molecular flexibility index (Phi) is 4.01. The maximum Gasteiger partial charge on any atom is 0.229 e. The molecule has 1 fully saturated rings. The van der Waals surface area contributed by atoms with Crippen LogP contribution in [0.1, 0.15) is 12.0 Å². The Morgan fingerprint density at radius 1 is 1.48 bits per heavy atom. The van der Waals surface area contributed by atoms with Crippen molar-refractivity contribution in [3.8, 4) is 11.5 Å². The maximum atomic E-state index is 12.6. The van der Waals surface area contributed by atoms with Crippen LogP contribution in [0.5, 0.6) is 11.5 Å². The third-order valence-electron chi connectivity index (χ3n) is 4.45. The van der Waals surface area contributed by atoms with Crippen molar-refractivity contribution in [3.63, 3.8) is 0 Å². The minimum Gasteiger partial charge on any atom is -0.497 e. The smallest absolute Gasteiger partial charge is 0.229 e. The molecule has 1 N–H and O–H groups in total. The molecule has 114 valence electrons. The molecule has 0 saturated carbocycles. The molecule has 0 spiro atoms. The number of nitrogens with zero attached hydrogens (tertiary/aromatic N) is 1. The van der Waals surface area contributed by atoms with Gasteiger partial charge in [-0.1, -0.05) is 0 Å². The van der Waals surface area contributed by atoms with Gasteiger partial charge in [0.15, 0.2) is 0 Å². The van der Waals surface area contributed by atoms with Gasteiger partial charge in [-0.2, -0.15) is 0 Å². The van der Waals surface area contributed by atoms with Crippen LogP contribution in [-0.4, -0.2) is 50.7 Å². The Labute approximate surface area is 125 Å². The van der Waals surface area contributed by atoms with Crippen LogP contribution in [0.2, 0.25) is 0 Å². The van der Waals surface area contributed by atoms with E-state index < -0.39 is 0 Å². The van der Waals surface area contributed by atoms with E-state index in [4.69, 9.17) is 9.47 Å². The first kappa shape index (κ1) is 14.2. The van der Waals surface area contributed by atoms with Crippen LogP contribution in [0, 0.1) is 5.92 Å². The molecule has 1 aromatic carbocycles. The lowest BCUT2D eigenvalue weighted by Crippen LogP contribution is -2.44. The van der Waals surface area contributed by atoms with E-state index in [2.05, 4.69) is 5.32 Å². The van der Waals surface area contributed by atoms with E-state index in [-0.39, 0.29) is 11.8 Å². The van der Waals surface area contributed by atoms with Gasteiger partial charge in [-0.05, 0) is 43.1 Å². The molecule has 1 saturated heterocycles. The summed E-state index contributed by atoms with van der Waals surface area (Å²) in [5.41, 5.74) is 1.05. The zero-order valence-electron chi connectivity index (χ0n) is 12.6. The summed E-state index contributed by atoms with van der Waals surface area (Å²) >= 11 is 0. The number of amides is 1. The van der Waals surface area contributed by atoms with Crippen LogP contribution in [0.3, 0.4) is 0 Å². The standard InChI is InChI=1S/C16H22N2O3/c1-18(13-5-6-17-9-13)16(19)12-7-11-8-14(20-2)3-4-15(11)21-10-12/h3-4,8,12-13,17H,5-7,9-10H2,1-2H3. The summed E-state index contributed by atoms with van der Waals surface area (Å²) in [5.74, 6) is 1.75. The Morgan fingerprint density at radius 2 is 2.33 bits per heavy atom. The Hall–Kier alpha value is -1.75. The second kappa shape index (κ2) is 5.93. The Bertz CT molecular complexity index is 526. The van der Waals surface area contributed by atoms with Gasteiger partial charge in [0.05, 0.1) is 13.0 Å². The lowest BCUT2D eigenvalue weighted by molar-refractivity contribution is -0.137. The Morgan fingerprint density at radius 3 is 3.05 bits per heavy atom. The normalized spacial score (nSPS) is 24.1. The molecule has 1 aromatic rings. The lowest BCUT2D eigenvalue weighted by atomic mass is 9.95. The second-order valence-electron chi connectivity index (χ2n) is 5.78. The molecule has 2 aliphatic rings. The van der Waals surface area contributed by atoms with E-state index >= 15 is 0 Å². The number of nitrogens with one attached hydrogen (secondary N) is 1. The molecule has 3 rings (SSSR count). The van der Waals surface area contributed by atoms with Crippen molar-refractivity contribution in [1.82, 2.24) is 10.2 Å². The average molecular weight is 290 g/mol. The van der Waals surface area contributed by atoms with Crippen LogP contribution >= 0.6 is 0 Å². The van der Waals surface area contributed by atoms with Crippen molar-refractivity contribution in [2.24, 2.45) is 5.92 Å². The van der Waals surface area contributed by atoms with E-state index in [0.29, 0.717) is 12.6 Å². The molecule has 0 radical (unpaired) electrons. The fourth-order valence-corrected chi connectivity index (χ4v) is 3.09. The van der Waals surface area contributed by atoms with Crippen LogP contribution in [0.15, 0.2) is 18.2 Å². The summed E-state index contributed by atoms with van der Waals surface area (Å²) in [5, 5.41) is 3.30. The number of carbonyl (C=O) groups is 1.